The zero-order chi connectivity index (χ0) is 21.5. The van der Waals surface area contributed by atoms with Gasteiger partial charge in [0, 0.05) is 45.5 Å². The molecule has 1 N–H and O–H groups in total. The van der Waals surface area contributed by atoms with E-state index in [9.17, 15) is 9.59 Å². The number of carbonyl (C=O) groups excluding carboxylic acids is 1. The van der Waals surface area contributed by atoms with E-state index in [2.05, 4.69) is 28.9 Å². The third-order valence-electron chi connectivity index (χ3n) is 5.53. The first-order chi connectivity index (χ1) is 15.1. The number of fused-ring (bicyclic) bond motifs is 4. The number of nitrogens with one attached hydrogen (secondary N) is 1. The Hall–Kier alpha value is -4.06. The molecule has 0 aliphatic carbocycles. The molecule has 3 aromatic carbocycles. The van der Waals surface area contributed by atoms with Gasteiger partial charge in [0.25, 0.3) is 5.91 Å². The van der Waals surface area contributed by atoms with Crippen LogP contribution in [0.1, 0.15) is 17.3 Å². The van der Waals surface area contributed by atoms with E-state index >= 15 is 0 Å². The second-order valence-corrected chi connectivity index (χ2v) is 7.30. The van der Waals surface area contributed by atoms with Gasteiger partial charge in [0.1, 0.15) is 16.9 Å². The van der Waals surface area contributed by atoms with Crippen molar-refractivity contribution in [3.05, 3.63) is 82.7 Å². The van der Waals surface area contributed by atoms with Crippen LogP contribution in [0.25, 0.3) is 32.8 Å². The van der Waals surface area contributed by atoms with Crippen LogP contribution in [-0.2, 0) is 6.54 Å². The van der Waals surface area contributed by atoms with Gasteiger partial charge in [-0.15, -0.1) is 0 Å². The Morgan fingerprint density at radius 3 is 2.61 bits per heavy atom. The molecule has 0 bridgehead atoms. The Labute approximate surface area is 177 Å². The van der Waals surface area contributed by atoms with Crippen LogP contribution < -0.4 is 15.7 Å². The average molecular weight is 412 g/mol. The van der Waals surface area contributed by atoms with Crippen LogP contribution in [0.5, 0.6) is 5.75 Å². The standard InChI is InChI=1S/C25H20N2O4/c1-3-27-21-7-5-4-6-18(21)19-13-16(9-11-22(19)27)26-24(28)20-12-15-8-10-17(30-2)14-23(15)31-25(20)29/h4-14H,3H2,1-2H3,(H,26,28). The number of aryl methyl sites for hydroxylation is 1. The smallest absolute Gasteiger partial charge is 0.349 e. The van der Waals surface area contributed by atoms with Gasteiger partial charge < -0.3 is 19.0 Å². The molecule has 5 aromatic rings. The van der Waals surface area contributed by atoms with Crippen molar-refractivity contribution < 1.29 is 13.9 Å². The SMILES string of the molecule is CCn1c2ccccc2c2cc(NC(=O)c3cc4ccc(OC)cc4oc3=O)ccc21. The summed E-state index contributed by atoms with van der Waals surface area (Å²) in [6.07, 6.45) is 0. The number of hydrogen-bond donors (Lipinski definition) is 1. The van der Waals surface area contributed by atoms with Gasteiger partial charge in [-0.05, 0) is 49.4 Å². The predicted molar refractivity (Wildman–Crippen MR) is 122 cm³/mol. The summed E-state index contributed by atoms with van der Waals surface area (Å²) in [5.74, 6) is 0.0671. The highest BCUT2D eigenvalue weighted by atomic mass is 16.5. The Balaban J connectivity index is 1.54. The molecular weight excluding hydrogens is 392 g/mol. The highest BCUT2D eigenvalue weighted by Gasteiger charge is 2.16. The molecule has 31 heavy (non-hydrogen) atoms. The van der Waals surface area contributed by atoms with Crippen LogP contribution in [0.2, 0.25) is 0 Å². The molecule has 1 amide bonds. The van der Waals surface area contributed by atoms with E-state index in [0.717, 1.165) is 28.4 Å². The maximum atomic E-state index is 12.9. The number of para-hydroxylation sites is 1. The molecular formula is C25H20N2O4. The number of aromatic nitrogens is 1. The topological polar surface area (TPSA) is 73.5 Å². The maximum Gasteiger partial charge on any atom is 0.349 e. The molecule has 154 valence electrons. The molecule has 0 spiro atoms. The van der Waals surface area contributed by atoms with Gasteiger partial charge in [0.2, 0.25) is 0 Å². The minimum absolute atomic E-state index is 0.0475. The highest BCUT2D eigenvalue weighted by Crippen LogP contribution is 2.31. The Morgan fingerprint density at radius 1 is 1.00 bits per heavy atom. The fourth-order valence-electron chi connectivity index (χ4n) is 4.05. The molecule has 5 rings (SSSR count). The van der Waals surface area contributed by atoms with Crippen LogP contribution in [-0.4, -0.2) is 17.6 Å². The number of amides is 1. The largest absolute Gasteiger partial charge is 0.497 e. The number of rotatable bonds is 4. The van der Waals surface area contributed by atoms with E-state index in [1.165, 1.54) is 13.2 Å². The van der Waals surface area contributed by atoms with Crippen molar-refractivity contribution in [1.82, 2.24) is 4.57 Å². The van der Waals surface area contributed by atoms with Gasteiger partial charge in [-0.1, -0.05) is 18.2 Å². The minimum atomic E-state index is -0.693. The molecule has 2 heterocycles. The van der Waals surface area contributed by atoms with Gasteiger partial charge in [-0.3, -0.25) is 4.79 Å². The monoisotopic (exact) mass is 412 g/mol. The first-order valence-corrected chi connectivity index (χ1v) is 10.0. The molecule has 0 radical (unpaired) electrons. The molecule has 0 aliphatic heterocycles. The third-order valence-corrected chi connectivity index (χ3v) is 5.53. The summed E-state index contributed by atoms with van der Waals surface area (Å²) in [4.78, 5) is 25.3. The summed E-state index contributed by atoms with van der Waals surface area (Å²) in [6.45, 7) is 2.95. The van der Waals surface area contributed by atoms with Gasteiger partial charge in [-0.25, -0.2) is 4.79 Å². The molecule has 6 heteroatoms. The van der Waals surface area contributed by atoms with Gasteiger partial charge >= 0.3 is 5.63 Å². The molecule has 2 aromatic heterocycles. The molecule has 0 fully saturated rings. The molecule has 6 nitrogen and oxygen atoms in total. The summed E-state index contributed by atoms with van der Waals surface area (Å²) >= 11 is 0. The fraction of sp³-hybridized carbons (Fsp3) is 0.120. The normalized spacial score (nSPS) is 11.3. The van der Waals surface area contributed by atoms with Gasteiger partial charge in [-0.2, -0.15) is 0 Å². The zero-order valence-electron chi connectivity index (χ0n) is 17.1. The number of ether oxygens (including phenoxy) is 1. The number of anilines is 1. The lowest BCUT2D eigenvalue weighted by atomic mass is 10.1. The Kier molecular flexibility index (Phi) is 4.47. The number of benzene rings is 3. The Morgan fingerprint density at radius 2 is 1.81 bits per heavy atom. The van der Waals surface area contributed by atoms with Crippen molar-refractivity contribution in [3.8, 4) is 5.75 Å². The van der Waals surface area contributed by atoms with E-state index in [1.54, 1.807) is 18.2 Å². The lowest BCUT2D eigenvalue weighted by Crippen LogP contribution is -2.20. The van der Waals surface area contributed by atoms with Gasteiger partial charge in [0.15, 0.2) is 0 Å². The number of methoxy groups -OCH3 is 1. The van der Waals surface area contributed by atoms with E-state index in [1.807, 2.05) is 30.3 Å². The van der Waals surface area contributed by atoms with Crippen molar-refractivity contribution in [2.24, 2.45) is 0 Å². The summed E-state index contributed by atoms with van der Waals surface area (Å²) < 4.78 is 12.7. The molecule has 0 aliphatic rings. The van der Waals surface area contributed by atoms with E-state index in [4.69, 9.17) is 9.15 Å². The maximum absolute atomic E-state index is 12.9. The Bertz CT molecular complexity index is 1530. The second kappa shape index (κ2) is 7.32. The number of hydrogen-bond acceptors (Lipinski definition) is 4. The van der Waals surface area contributed by atoms with Crippen LogP contribution in [0.3, 0.4) is 0 Å². The first-order valence-electron chi connectivity index (χ1n) is 10.0. The van der Waals surface area contributed by atoms with Crippen molar-refractivity contribution in [1.29, 1.82) is 0 Å². The minimum Gasteiger partial charge on any atom is -0.497 e. The molecule has 0 saturated heterocycles. The fourth-order valence-corrected chi connectivity index (χ4v) is 4.05. The molecule has 0 atom stereocenters. The van der Waals surface area contributed by atoms with Crippen molar-refractivity contribution >= 4 is 44.4 Å². The van der Waals surface area contributed by atoms with E-state index in [0.29, 0.717) is 22.4 Å². The lowest BCUT2D eigenvalue weighted by molar-refractivity contribution is 0.102. The first kappa shape index (κ1) is 18.9. The summed E-state index contributed by atoms with van der Waals surface area (Å²) in [6, 6.07) is 20.6. The van der Waals surface area contributed by atoms with E-state index < -0.39 is 11.5 Å². The third kappa shape index (κ3) is 3.13. The average Bonchev–Trinajstić information content (AvgIpc) is 3.11. The van der Waals surface area contributed by atoms with Crippen LogP contribution in [0.15, 0.2) is 75.9 Å². The van der Waals surface area contributed by atoms with Crippen LogP contribution in [0, 0.1) is 0 Å². The summed E-state index contributed by atoms with van der Waals surface area (Å²) in [7, 11) is 1.54. The van der Waals surface area contributed by atoms with Crippen LogP contribution in [0.4, 0.5) is 5.69 Å². The van der Waals surface area contributed by atoms with E-state index in [-0.39, 0.29) is 5.56 Å². The molecule has 0 saturated carbocycles. The lowest BCUT2D eigenvalue weighted by Gasteiger charge is -2.07. The highest BCUT2D eigenvalue weighted by molar-refractivity contribution is 6.11. The number of nitrogens with zero attached hydrogens (tertiary/aromatic N) is 1. The van der Waals surface area contributed by atoms with Crippen LogP contribution >= 0.6 is 0 Å². The van der Waals surface area contributed by atoms with Crippen molar-refractivity contribution in [2.45, 2.75) is 13.5 Å². The zero-order valence-corrected chi connectivity index (χ0v) is 17.1. The number of carbonyl (C=O) groups is 1. The van der Waals surface area contributed by atoms with Crippen molar-refractivity contribution in [3.63, 3.8) is 0 Å². The van der Waals surface area contributed by atoms with Gasteiger partial charge in [0.05, 0.1) is 7.11 Å². The summed E-state index contributed by atoms with van der Waals surface area (Å²) in [5.41, 5.74) is 2.49. The quantitative estimate of drug-likeness (QED) is 0.413. The molecule has 0 unspecified atom stereocenters. The summed E-state index contributed by atoms with van der Waals surface area (Å²) in [5, 5.41) is 5.65. The van der Waals surface area contributed by atoms with Crippen molar-refractivity contribution in [2.75, 3.05) is 12.4 Å². The predicted octanol–water partition coefficient (Wildman–Crippen LogP) is 5.18. The second-order valence-electron chi connectivity index (χ2n) is 7.30.